The SMILES string of the molecule is Cc1cc(NC2CCCC(S(C)(=O)=O)C2)c(Cl)cc1[N+](=O)[O-]. The maximum atomic E-state index is 11.7. The molecule has 22 heavy (non-hydrogen) atoms. The highest BCUT2D eigenvalue weighted by Crippen LogP contribution is 2.33. The molecule has 122 valence electrons. The second-order valence-corrected chi connectivity index (χ2v) is 8.57. The van der Waals surface area contributed by atoms with Crippen molar-refractivity contribution in [3.8, 4) is 0 Å². The first-order valence-electron chi connectivity index (χ1n) is 7.08. The number of nitrogens with zero attached hydrogens (tertiary/aromatic N) is 1. The summed E-state index contributed by atoms with van der Waals surface area (Å²) in [7, 11) is -3.05. The number of aryl methyl sites for hydroxylation is 1. The van der Waals surface area contributed by atoms with Gasteiger partial charge in [-0.25, -0.2) is 8.42 Å². The van der Waals surface area contributed by atoms with Crippen LogP contribution in [0.15, 0.2) is 12.1 Å². The molecule has 1 N–H and O–H groups in total. The number of anilines is 1. The lowest BCUT2D eigenvalue weighted by Crippen LogP contribution is -2.34. The van der Waals surface area contributed by atoms with Gasteiger partial charge in [-0.1, -0.05) is 18.0 Å². The molecule has 0 radical (unpaired) electrons. The molecule has 1 aromatic rings. The molecule has 0 aromatic heterocycles. The zero-order chi connectivity index (χ0) is 16.5. The van der Waals surface area contributed by atoms with Gasteiger partial charge in [0.1, 0.15) is 9.84 Å². The summed E-state index contributed by atoms with van der Waals surface area (Å²) in [6, 6.07) is 2.98. The van der Waals surface area contributed by atoms with Gasteiger partial charge in [-0.2, -0.15) is 0 Å². The summed E-state index contributed by atoms with van der Waals surface area (Å²) in [5.41, 5.74) is 1.12. The first-order chi connectivity index (χ1) is 10.2. The van der Waals surface area contributed by atoms with Gasteiger partial charge in [0.25, 0.3) is 5.69 Å². The number of rotatable bonds is 4. The number of nitro groups is 1. The third kappa shape index (κ3) is 3.89. The molecule has 0 saturated heterocycles. The lowest BCUT2D eigenvalue weighted by Gasteiger charge is -2.29. The highest BCUT2D eigenvalue weighted by Gasteiger charge is 2.29. The molecule has 0 aliphatic heterocycles. The molecule has 6 nitrogen and oxygen atoms in total. The molecule has 2 unspecified atom stereocenters. The van der Waals surface area contributed by atoms with Gasteiger partial charge in [0.2, 0.25) is 0 Å². The average molecular weight is 347 g/mol. The topological polar surface area (TPSA) is 89.3 Å². The van der Waals surface area contributed by atoms with Crippen molar-refractivity contribution < 1.29 is 13.3 Å². The summed E-state index contributed by atoms with van der Waals surface area (Å²) in [6.07, 6.45) is 4.18. The van der Waals surface area contributed by atoms with Crippen LogP contribution in [-0.2, 0) is 9.84 Å². The Morgan fingerprint density at radius 2 is 2.05 bits per heavy atom. The molecule has 2 rings (SSSR count). The van der Waals surface area contributed by atoms with Crippen molar-refractivity contribution in [3.05, 3.63) is 32.8 Å². The third-order valence-electron chi connectivity index (χ3n) is 4.07. The first-order valence-corrected chi connectivity index (χ1v) is 9.41. The van der Waals surface area contributed by atoms with Crippen LogP contribution in [0.3, 0.4) is 0 Å². The van der Waals surface area contributed by atoms with E-state index in [2.05, 4.69) is 5.32 Å². The second-order valence-electron chi connectivity index (χ2n) is 5.84. The molecule has 2 atom stereocenters. The second kappa shape index (κ2) is 6.42. The van der Waals surface area contributed by atoms with Crippen molar-refractivity contribution in [1.82, 2.24) is 0 Å². The van der Waals surface area contributed by atoms with Gasteiger partial charge < -0.3 is 5.32 Å². The highest BCUT2D eigenvalue weighted by molar-refractivity contribution is 7.91. The Morgan fingerprint density at radius 1 is 1.36 bits per heavy atom. The largest absolute Gasteiger partial charge is 0.381 e. The van der Waals surface area contributed by atoms with Crippen LogP contribution in [0.2, 0.25) is 5.02 Å². The van der Waals surface area contributed by atoms with E-state index in [1.165, 1.54) is 12.3 Å². The van der Waals surface area contributed by atoms with Crippen LogP contribution in [-0.4, -0.2) is 30.9 Å². The van der Waals surface area contributed by atoms with E-state index in [0.717, 1.165) is 12.8 Å². The van der Waals surface area contributed by atoms with Gasteiger partial charge in [-0.15, -0.1) is 0 Å². The number of nitro benzene ring substituents is 1. The zero-order valence-corrected chi connectivity index (χ0v) is 14.1. The normalized spacial score (nSPS) is 22.3. The summed E-state index contributed by atoms with van der Waals surface area (Å²) in [5.74, 6) is 0. The lowest BCUT2D eigenvalue weighted by molar-refractivity contribution is -0.385. The molecule has 1 saturated carbocycles. The molecule has 0 bridgehead atoms. The average Bonchev–Trinajstić information content (AvgIpc) is 2.41. The number of sulfone groups is 1. The van der Waals surface area contributed by atoms with E-state index in [9.17, 15) is 18.5 Å². The van der Waals surface area contributed by atoms with E-state index in [-0.39, 0.29) is 22.0 Å². The van der Waals surface area contributed by atoms with E-state index in [1.54, 1.807) is 13.0 Å². The fourth-order valence-corrected chi connectivity index (χ4v) is 4.25. The van der Waals surface area contributed by atoms with Gasteiger partial charge in [-0.3, -0.25) is 10.1 Å². The minimum absolute atomic E-state index is 0.00633. The van der Waals surface area contributed by atoms with Crippen molar-refractivity contribution in [3.63, 3.8) is 0 Å². The van der Waals surface area contributed by atoms with E-state index in [4.69, 9.17) is 11.6 Å². The minimum atomic E-state index is -3.05. The van der Waals surface area contributed by atoms with Gasteiger partial charge in [0, 0.05) is 23.9 Å². The van der Waals surface area contributed by atoms with Crippen molar-refractivity contribution in [2.24, 2.45) is 0 Å². The summed E-state index contributed by atoms with van der Waals surface area (Å²) < 4.78 is 23.4. The number of hydrogen-bond acceptors (Lipinski definition) is 5. The quantitative estimate of drug-likeness (QED) is 0.667. The molecule has 8 heteroatoms. The zero-order valence-electron chi connectivity index (χ0n) is 12.5. The van der Waals surface area contributed by atoms with Crippen molar-refractivity contribution in [1.29, 1.82) is 0 Å². The number of halogens is 1. The Hall–Kier alpha value is -1.34. The van der Waals surface area contributed by atoms with Crippen molar-refractivity contribution in [2.45, 2.75) is 43.9 Å². The van der Waals surface area contributed by atoms with Crippen molar-refractivity contribution >= 4 is 32.8 Å². The predicted octanol–water partition coefficient (Wildman–Crippen LogP) is 3.32. The number of hydrogen-bond donors (Lipinski definition) is 1. The van der Waals surface area contributed by atoms with Gasteiger partial charge in [-0.05, 0) is 32.3 Å². The fourth-order valence-electron chi connectivity index (χ4n) is 2.86. The van der Waals surface area contributed by atoms with Gasteiger partial charge >= 0.3 is 0 Å². The highest BCUT2D eigenvalue weighted by atomic mass is 35.5. The molecular weight excluding hydrogens is 328 g/mol. The van der Waals surface area contributed by atoms with Crippen LogP contribution in [0.5, 0.6) is 0 Å². The molecule has 0 amide bonds. The van der Waals surface area contributed by atoms with Gasteiger partial charge in [0.15, 0.2) is 0 Å². The Kier molecular flexibility index (Phi) is 4.97. The fraction of sp³-hybridized carbons (Fsp3) is 0.571. The Labute approximate surface area is 134 Å². The first kappa shape index (κ1) is 17.0. The van der Waals surface area contributed by atoms with Crippen LogP contribution in [0, 0.1) is 17.0 Å². The predicted molar refractivity (Wildman–Crippen MR) is 87.4 cm³/mol. The minimum Gasteiger partial charge on any atom is -0.381 e. The van der Waals surface area contributed by atoms with E-state index >= 15 is 0 Å². The van der Waals surface area contributed by atoms with E-state index in [0.29, 0.717) is 24.1 Å². The van der Waals surface area contributed by atoms with E-state index < -0.39 is 14.8 Å². The molecule has 1 aromatic carbocycles. The Balaban J connectivity index is 2.17. The smallest absolute Gasteiger partial charge is 0.273 e. The van der Waals surface area contributed by atoms with Crippen LogP contribution < -0.4 is 5.32 Å². The third-order valence-corrected chi connectivity index (χ3v) is 6.03. The van der Waals surface area contributed by atoms with Crippen molar-refractivity contribution in [2.75, 3.05) is 11.6 Å². The Bertz CT molecular complexity index is 690. The van der Waals surface area contributed by atoms with E-state index in [1.807, 2.05) is 0 Å². The van der Waals surface area contributed by atoms with Crippen LogP contribution in [0.4, 0.5) is 11.4 Å². The molecule has 0 spiro atoms. The molecule has 1 aliphatic rings. The molecule has 0 heterocycles. The van der Waals surface area contributed by atoms with Crippen LogP contribution in [0.25, 0.3) is 0 Å². The maximum Gasteiger partial charge on any atom is 0.273 e. The molecular formula is C14H19ClN2O4S. The standard InChI is InChI=1S/C14H19ClN2O4S/c1-9-6-13(12(15)8-14(9)17(18)19)16-10-4-3-5-11(7-10)22(2,20)21/h6,8,10-11,16H,3-5,7H2,1-2H3. The molecule has 1 aliphatic carbocycles. The summed E-state index contributed by atoms with van der Waals surface area (Å²) in [5, 5.41) is 14.1. The van der Waals surface area contributed by atoms with Crippen LogP contribution in [0.1, 0.15) is 31.2 Å². The summed E-state index contributed by atoms with van der Waals surface area (Å²) in [6.45, 7) is 1.65. The summed E-state index contributed by atoms with van der Waals surface area (Å²) in [4.78, 5) is 10.4. The number of nitrogens with one attached hydrogen (secondary N) is 1. The number of benzene rings is 1. The lowest BCUT2D eigenvalue weighted by atomic mass is 9.94. The maximum absolute atomic E-state index is 11.7. The monoisotopic (exact) mass is 346 g/mol. The Morgan fingerprint density at radius 3 is 2.64 bits per heavy atom. The molecule has 1 fully saturated rings. The summed E-state index contributed by atoms with van der Waals surface area (Å²) >= 11 is 6.11. The van der Waals surface area contributed by atoms with Gasteiger partial charge in [0.05, 0.1) is 20.9 Å². The van der Waals surface area contributed by atoms with Crippen LogP contribution >= 0.6 is 11.6 Å².